The number of aliphatic hydroxyl groups is 1. The Balaban J connectivity index is 2.44. The van der Waals surface area contributed by atoms with Crippen LogP contribution in [0.2, 0.25) is 0 Å². The second-order valence-electron chi connectivity index (χ2n) is 5.15. The molecule has 3 unspecified atom stereocenters. The van der Waals surface area contributed by atoms with E-state index in [9.17, 15) is 5.11 Å². The van der Waals surface area contributed by atoms with E-state index < -0.39 is 0 Å². The standard InChI is InChI=1S/C13H27NO/c1-4-11-8-10(3)6-7-13(11)14-12(5-2)9-15/h10-15H,4-9H2,1-3H3/t10?,11?,12-,13?/m1/s1. The van der Waals surface area contributed by atoms with Gasteiger partial charge in [0, 0.05) is 12.1 Å². The lowest BCUT2D eigenvalue weighted by Crippen LogP contribution is -2.46. The molecule has 15 heavy (non-hydrogen) atoms. The number of rotatable bonds is 5. The lowest BCUT2D eigenvalue weighted by molar-refractivity contribution is 0.163. The molecular weight excluding hydrogens is 186 g/mol. The van der Waals surface area contributed by atoms with Gasteiger partial charge in [0.25, 0.3) is 0 Å². The molecule has 0 heterocycles. The largest absolute Gasteiger partial charge is 0.395 e. The van der Waals surface area contributed by atoms with Gasteiger partial charge in [0.1, 0.15) is 0 Å². The smallest absolute Gasteiger partial charge is 0.0584 e. The van der Waals surface area contributed by atoms with Crippen molar-refractivity contribution in [2.24, 2.45) is 11.8 Å². The first-order valence-corrected chi connectivity index (χ1v) is 6.58. The molecule has 0 aromatic rings. The van der Waals surface area contributed by atoms with E-state index in [1.54, 1.807) is 0 Å². The van der Waals surface area contributed by atoms with Crippen molar-refractivity contribution in [1.82, 2.24) is 5.32 Å². The summed E-state index contributed by atoms with van der Waals surface area (Å²) in [7, 11) is 0. The number of nitrogens with one attached hydrogen (secondary N) is 1. The molecule has 0 aliphatic heterocycles. The highest BCUT2D eigenvalue weighted by Crippen LogP contribution is 2.31. The van der Waals surface area contributed by atoms with Gasteiger partial charge >= 0.3 is 0 Å². The van der Waals surface area contributed by atoms with Crippen LogP contribution in [0.1, 0.15) is 52.9 Å². The molecule has 4 atom stereocenters. The lowest BCUT2D eigenvalue weighted by atomic mass is 9.77. The molecule has 1 aliphatic rings. The van der Waals surface area contributed by atoms with Crippen molar-refractivity contribution >= 4 is 0 Å². The van der Waals surface area contributed by atoms with Crippen molar-refractivity contribution in [3.63, 3.8) is 0 Å². The van der Waals surface area contributed by atoms with Crippen molar-refractivity contribution in [3.8, 4) is 0 Å². The summed E-state index contributed by atoms with van der Waals surface area (Å²) in [6.45, 7) is 7.07. The zero-order valence-corrected chi connectivity index (χ0v) is 10.5. The highest BCUT2D eigenvalue weighted by molar-refractivity contribution is 4.85. The van der Waals surface area contributed by atoms with Gasteiger partial charge in [0.15, 0.2) is 0 Å². The van der Waals surface area contributed by atoms with Crippen LogP contribution in [0, 0.1) is 11.8 Å². The van der Waals surface area contributed by atoms with Crippen LogP contribution in [0.4, 0.5) is 0 Å². The fourth-order valence-electron chi connectivity index (χ4n) is 2.77. The van der Waals surface area contributed by atoms with Gasteiger partial charge in [-0.15, -0.1) is 0 Å². The van der Waals surface area contributed by atoms with Crippen molar-refractivity contribution in [1.29, 1.82) is 0 Å². The third kappa shape index (κ3) is 3.76. The molecule has 0 amide bonds. The van der Waals surface area contributed by atoms with Gasteiger partial charge in [-0.3, -0.25) is 0 Å². The predicted octanol–water partition coefficient (Wildman–Crippen LogP) is 2.56. The Morgan fingerprint density at radius 3 is 2.60 bits per heavy atom. The van der Waals surface area contributed by atoms with E-state index in [2.05, 4.69) is 26.1 Å². The molecular formula is C13H27NO. The molecule has 2 nitrogen and oxygen atoms in total. The first-order chi connectivity index (χ1) is 7.21. The molecule has 1 saturated carbocycles. The summed E-state index contributed by atoms with van der Waals surface area (Å²) in [6, 6.07) is 0.945. The normalized spacial score (nSPS) is 34.0. The first kappa shape index (κ1) is 13.0. The van der Waals surface area contributed by atoms with Gasteiger partial charge in [-0.2, -0.15) is 0 Å². The highest BCUT2D eigenvalue weighted by Gasteiger charge is 2.28. The second kappa shape index (κ2) is 6.49. The fraction of sp³-hybridized carbons (Fsp3) is 1.00. The molecule has 90 valence electrons. The van der Waals surface area contributed by atoms with Gasteiger partial charge in [-0.1, -0.05) is 27.2 Å². The summed E-state index contributed by atoms with van der Waals surface area (Å²) in [6.07, 6.45) is 6.28. The van der Waals surface area contributed by atoms with Crippen LogP contribution in [-0.2, 0) is 0 Å². The van der Waals surface area contributed by atoms with Crippen molar-refractivity contribution in [2.45, 2.75) is 65.0 Å². The van der Waals surface area contributed by atoms with Crippen molar-refractivity contribution < 1.29 is 5.11 Å². The molecule has 2 N–H and O–H groups in total. The number of hydrogen-bond donors (Lipinski definition) is 2. The van der Waals surface area contributed by atoms with Crippen LogP contribution in [0.3, 0.4) is 0 Å². The Labute approximate surface area is 94.5 Å². The fourth-order valence-corrected chi connectivity index (χ4v) is 2.77. The first-order valence-electron chi connectivity index (χ1n) is 6.58. The van der Waals surface area contributed by atoms with Crippen LogP contribution in [0.25, 0.3) is 0 Å². The molecule has 1 rings (SSSR count). The monoisotopic (exact) mass is 213 g/mol. The average molecular weight is 213 g/mol. The van der Waals surface area contributed by atoms with E-state index >= 15 is 0 Å². The van der Waals surface area contributed by atoms with Gasteiger partial charge in [-0.05, 0) is 37.5 Å². The molecule has 1 fully saturated rings. The van der Waals surface area contributed by atoms with E-state index in [0.29, 0.717) is 12.1 Å². The maximum atomic E-state index is 9.21. The number of hydrogen-bond acceptors (Lipinski definition) is 2. The Kier molecular flexibility index (Phi) is 5.62. The zero-order valence-electron chi connectivity index (χ0n) is 10.5. The minimum absolute atomic E-state index is 0.277. The molecule has 1 aliphatic carbocycles. The molecule has 0 radical (unpaired) electrons. The lowest BCUT2D eigenvalue weighted by Gasteiger charge is -2.37. The second-order valence-corrected chi connectivity index (χ2v) is 5.15. The van der Waals surface area contributed by atoms with E-state index in [4.69, 9.17) is 0 Å². The Hall–Kier alpha value is -0.0800. The van der Waals surface area contributed by atoms with E-state index in [-0.39, 0.29) is 6.61 Å². The quantitative estimate of drug-likeness (QED) is 0.735. The summed E-state index contributed by atoms with van der Waals surface area (Å²) < 4.78 is 0. The van der Waals surface area contributed by atoms with Gasteiger partial charge in [0.05, 0.1) is 6.61 Å². The van der Waals surface area contributed by atoms with Crippen LogP contribution in [0.5, 0.6) is 0 Å². The van der Waals surface area contributed by atoms with Gasteiger partial charge in [-0.25, -0.2) is 0 Å². The summed E-state index contributed by atoms with van der Waals surface area (Å²) in [4.78, 5) is 0. The maximum absolute atomic E-state index is 9.21. The molecule has 0 bridgehead atoms. The third-order valence-electron chi connectivity index (χ3n) is 3.93. The van der Waals surface area contributed by atoms with Crippen LogP contribution >= 0.6 is 0 Å². The highest BCUT2D eigenvalue weighted by atomic mass is 16.3. The minimum Gasteiger partial charge on any atom is -0.395 e. The van der Waals surface area contributed by atoms with E-state index in [0.717, 1.165) is 18.3 Å². The average Bonchev–Trinajstić information content (AvgIpc) is 2.27. The van der Waals surface area contributed by atoms with Crippen LogP contribution < -0.4 is 5.32 Å². The van der Waals surface area contributed by atoms with E-state index in [1.165, 1.54) is 25.7 Å². The summed E-state index contributed by atoms with van der Waals surface area (Å²) in [5, 5.41) is 12.8. The van der Waals surface area contributed by atoms with Crippen LogP contribution in [0.15, 0.2) is 0 Å². The summed E-state index contributed by atoms with van der Waals surface area (Å²) in [5.41, 5.74) is 0. The Morgan fingerprint density at radius 2 is 2.07 bits per heavy atom. The Morgan fingerprint density at radius 1 is 1.33 bits per heavy atom. The maximum Gasteiger partial charge on any atom is 0.0584 e. The van der Waals surface area contributed by atoms with Gasteiger partial charge in [0.2, 0.25) is 0 Å². The zero-order chi connectivity index (χ0) is 11.3. The summed E-state index contributed by atoms with van der Waals surface area (Å²) >= 11 is 0. The summed E-state index contributed by atoms with van der Waals surface area (Å²) in [5.74, 6) is 1.71. The van der Waals surface area contributed by atoms with Gasteiger partial charge < -0.3 is 10.4 Å². The van der Waals surface area contributed by atoms with Crippen LogP contribution in [-0.4, -0.2) is 23.8 Å². The SMILES string of the molecule is CCC1CC(C)CCC1N[C@H](CC)CO. The molecule has 2 heteroatoms. The molecule has 0 saturated heterocycles. The minimum atomic E-state index is 0.277. The molecule has 0 aromatic carbocycles. The van der Waals surface area contributed by atoms with Crippen molar-refractivity contribution in [3.05, 3.63) is 0 Å². The third-order valence-corrected chi connectivity index (χ3v) is 3.93. The Bertz CT molecular complexity index is 168. The molecule has 0 aromatic heterocycles. The molecule has 0 spiro atoms. The number of aliphatic hydroxyl groups excluding tert-OH is 1. The topological polar surface area (TPSA) is 32.3 Å². The van der Waals surface area contributed by atoms with Crippen molar-refractivity contribution in [2.75, 3.05) is 6.61 Å². The predicted molar refractivity (Wildman–Crippen MR) is 64.9 cm³/mol. The van der Waals surface area contributed by atoms with E-state index in [1.807, 2.05) is 0 Å².